The van der Waals surface area contributed by atoms with Crippen LogP contribution in [0, 0.1) is 11.8 Å². The molecule has 0 spiro atoms. The van der Waals surface area contributed by atoms with E-state index in [1.54, 1.807) is 7.11 Å². The number of nitrogens with zero attached hydrogens (tertiary/aromatic N) is 1. The van der Waals surface area contributed by atoms with Gasteiger partial charge in [0.1, 0.15) is 5.75 Å². The van der Waals surface area contributed by atoms with E-state index in [0.29, 0.717) is 0 Å². The van der Waals surface area contributed by atoms with E-state index in [-0.39, 0.29) is 0 Å². The molecule has 1 aromatic carbocycles. The van der Waals surface area contributed by atoms with Crippen LogP contribution in [0.5, 0.6) is 5.75 Å². The highest BCUT2D eigenvalue weighted by atomic mass is 79.9. The van der Waals surface area contributed by atoms with Crippen LogP contribution in [-0.2, 0) is 6.42 Å². The lowest BCUT2D eigenvalue weighted by Gasteiger charge is -2.33. The second-order valence-electron chi connectivity index (χ2n) is 8.86. The highest BCUT2D eigenvalue weighted by Gasteiger charge is 2.22. The van der Waals surface area contributed by atoms with Gasteiger partial charge in [0.2, 0.25) is 0 Å². The second-order valence-corrected chi connectivity index (χ2v) is 9.72. The van der Waals surface area contributed by atoms with Crippen LogP contribution in [0.4, 0.5) is 0 Å². The monoisotopic (exact) mass is 450 g/mol. The molecular weight excluding hydrogens is 412 g/mol. The molecule has 0 aromatic heterocycles. The molecule has 2 aliphatic rings. The SMILES string of the molecule is CCNC1CCC(CCCN2CCC(Cc3cc(OC)ccc3Br)CC2)CC1. The summed E-state index contributed by atoms with van der Waals surface area (Å²) in [5, 5.41) is 3.63. The summed E-state index contributed by atoms with van der Waals surface area (Å²) in [6.45, 7) is 7.21. The minimum absolute atomic E-state index is 0.796. The van der Waals surface area contributed by atoms with Crippen molar-refractivity contribution in [2.45, 2.75) is 70.8 Å². The third kappa shape index (κ3) is 6.74. The fourth-order valence-electron chi connectivity index (χ4n) is 5.11. The third-order valence-electron chi connectivity index (χ3n) is 6.89. The lowest BCUT2D eigenvalue weighted by Crippen LogP contribution is -2.35. The predicted octanol–water partition coefficient (Wildman–Crippen LogP) is 5.66. The van der Waals surface area contributed by atoms with Gasteiger partial charge in [0.05, 0.1) is 7.11 Å². The van der Waals surface area contributed by atoms with Crippen molar-refractivity contribution in [3.63, 3.8) is 0 Å². The molecule has 0 atom stereocenters. The normalized spacial score (nSPS) is 24.4. The number of hydrogen-bond donors (Lipinski definition) is 1. The lowest BCUT2D eigenvalue weighted by atomic mass is 9.83. The smallest absolute Gasteiger partial charge is 0.119 e. The maximum Gasteiger partial charge on any atom is 0.119 e. The van der Waals surface area contributed by atoms with Crippen molar-refractivity contribution in [3.05, 3.63) is 28.2 Å². The Morgan fingerprint density at radius 1 is 1.07 bits per heavy atom. The van der Waals surface area contributed by atoms with Crippen molar-refractivity contribution in [1.29, 1.82) is 0 Å². The van der Waals surface area contributed by atoms with E-state index in [1.165, 1.54) is 87.5 Å². The molecule has 1 aromatic rings. The fourth-order valence-corrected chi connectivity index (χ4v) is 5.52. The molecule has 28 heavy (non-hydrogen) atoms. The first-order valence-corrected chi connectivity index (χ1v) is 12.2. The molecule has 0 bridgehead atoms. The Morgan fingerprint density at radius 2 is 1.82 bits per heavy atom. The molecule has 4 heteroatoms. The summed E-state index contributed by atoms with van der Waals surface area (Å²) in [5.41, 5.74) is 1.39. The van der Waals surface area contributed by atoms with Gasteiger partial charge in [0.25, 0.3) is 0 Å². The third-order valence-corrected chi connectivity index (χ3v) is 7.67. The van der Waals surface area contributed by atoms with Crippen LogP contribution in [0.2, 0.25) is 0 Å². The second kappa shape index (κ2) is 11.6. The predicted molar refractivity (Wildman–Crippen MR) is 122 cm³/mol. The van der Waals surface area contributed by atoms with E-state index in [1.807, 2.05) is 6.07 Å². The standard InChI is InChI=1S/C24H39BrN2O/c1-3-26-22-8-6-19(7-9-22)5-4-14-27-15-12-20(13-16-27)17-21-18-23(28-2)10-11-24(21)25/h10-11,18-20,22,26H,3-9,12-17H2,1-2H3. The maximum atomic E-state index is 5.40. The quantitative estimate of drug-likeness (QED) is 0.524. The zero-order valence-electron chi connectivity index (χ0n) is 17.9. The minimum Gasteiger partial charge on any atom is -0.497 e. The largest absolute Gasteiger partial charge is 0.497 e. The number of methoxy groups -OCH3 is 1. The topological polar surface area (TPSA) is 24.5 Å². The summed E-state index contributed by atoms with van der Waals surface area (Å²) >= 11 is 3.71. The van der Waals surface area contributed by atoms with E-state index in [2.05, 4.69) is 45.2 Å². The number of piperidine rings is 1. The number of hydrogen-bond acceptors (Lipinski definition) is 3. The van der Waals surface area contributed by atoms with Crippen LogP contribution >= 0.6 is 15.9 Å². The van der Waals surface area contributed by atoms with Gasteiger partial charge >= 0.3 is 0 Å². The zero-order chi connectivity index (χ0) is 19.8. The summed E-state index contributed by atoms with van der Waals surface area (Å²) in [5.74, 6) is 2.76. The van der Waals surface area contributed by atoms with Gasteiger partial charge in [-0.05, 0) is 120 Å². The first-order chi connectivity index (χ1) is 13.7. The van der Waals surface area contributed by atoms with Crippen molar-refractivity contribution in [2.75, 3.05) is 33.3 Å². The number of benzene rings is 1. The van der Waals surface area contributed by atoms with E-state index in [0.717, 1.165) is 30.2 Å². The Labute approximate surface area is 180 Å². The molecule has 0 radical (unpaired) electrons. The molecule has 1 N–H and O–H groups in total. The van der Waals surface area contributed by atoms with Crippen molar-refractivity contribution in [3.8, 4) is 5.75 Å². The molecule has 3 rings (SSSR count). The average Bonchev–Trinajstić information content (AvgIpc) is 2.72. The van der Waals surface area contributed by atoms with Crippen LogP contribution in [0.3, 0.4) is 0 Å². The molecule has 1 aliphatic carbocycles. The summed E-state index contributed by atoms with van der Waals surface area (Å²) in [6.07, 6.45) is 12.3. The maximum absolute atomic E-state index is 5.40. The zero-order valence-corrected chi connectivity index (χ0v) is 19.5. The number of halogens is 1. The van der Waals surface area contributed by atoms with Crippen molar-refractivity contribution >= 4 is 15.9 Å². The highest BCUT2D eigenvalue weighted by molar-refractivity contribution is 9.10. The van der Waals surface area contributed by atoms with Crippen molar-refractivity contribution < 1.29 is 4.74 Å². The molecule has 1 aliphatic heterocycles. The van der Waals surface area contributed by atoms with Crippen molar-refractivity contribution in [1.82, 2.24) is 10.2 Å². The fraction of sp³-hybridized carbons (Fsp3) is 0.750. The Hall–Kier alpha value is -0.580. The number of nitrogens with one attached hydrogen (secondary N) is 1. The molecule has 3 nitrogen and oxygen atoms in total. The summed E-state index contributed by atoms with van der Waals surface area (Å²) in [7, 11) is 1.75. The Bertz CT molecular complexity index is 578. The first kappa shape index (κ1) is 22.1. The van der Waals surface area contributed by atoms with Crippen LogP contribution in [0.1, 0.15) is 63.9 Å². The molecule has 1 saturated carbocycles. The van der Waals surface area contributed by atoms with E-state index < -0.39 is 0 Å². The van der Waals surface area contributed by atoms with Crippen molar-refractivity contribution in [2.24, 2.45) is 11.8 Å². The molecule has 158 valence electrons. The van der Waals surface area contributed by atoms with Gasteiger partial charge in [-0.15, -0.1) is 0 Å². The van der Waals surface area contributed by atoms with Crippen LogP contribution in [0.25, 0.3) is 0 Å². The molecule has 2 fully saturated rings. The Kier molecular flexibility index (Phi) is 9.13. The van der Waals surface area contributed by atoms with Crippen LogP contribution in [-0.4, -0.2) is 44.2 Å². The minimum atomic E-state index is 0.796. The Balaban J connectivity index is 1.32. The van der Waals surface area contributed by atoms with E-state index in [9.17, 15) is 0 Å². The van der Waals surface area contributed by atoms with E-state index in [4.69, 9.17) is 4.74 Å². The number of likely N-dealkylation sites (tertiary alicyclic amines) is 1. The Morgan fingerprint density at radius 3 is 2.50 bits per heavy atom. The summed E-state index contributed by atoms with van der Waals surface area (Å²) < 4.78 is 6.62. The molecule has 1 heterocycles. The summed E-state index contributed by atoms with van der Waals surface area (Å²) in [6, 6.07) is 7.14. The molecule has 1 saturated heterocycles. The molecule has 0 amide bonds. The van der Waals surface area contributed by atoms with E-state index >= 15 is 0 Å². The van der Waals surface area contributed by atoms with Crippen LogP contribution < -0.4 is 10.1 Å². The number of rotatable bonds is 9. The van der Waals surface area contributed by atoms with Gasteiger partial charge in [-0.3, -0.25) is 0 Å². The molecule has 0 unspecified atom stereocenters. The molecular formula is C24H39BrN2O. The average molecular weight is 451 g/mol. The van der Waals surface area contributed by atoms with Gasteiger partial charge < -0.3 is 15.0 Å². The van der Waals surface area contributed by atoms with Gasteiger partial charge in [-0.25, -0.2) is 0 Å². The van der Waals surface area contributed by atoms with Gasteiger partial charge in [0, 0.05) is 10.5 Å². The van der Waals surface area contributed by atoms with Gasteiger partial charge in [-0.1, -0.05) is 22.9 Å². The lowest BCUT2D eigenvalue weighted by molar-refractivity contribution is 0.174. The highest BCUT2D eigenvalue weighted by Crippen LogP contribution is 2.30. The first-order valence-electron chi connectivity index (χ1n) is 11.5. The van der Waals surface area contributed by atoms with Gasteiger partial charge in [-0.2, -0.15) is 0 Å². The van der Waals surface area contributed by atoms with Crippen LogP contribution in [0.15, 0.2) is 22.7 Å². The number of ether oxygens (including phenoxy) is 1. The van der Waals surface area contributed by atoms with Gasteiger partial charge in [0.15, 0.2) is 0 Å². The summed E-state index contributed by atoms with van der Waals surface area (Å²) in [4.78, 5) is 2.71.